The molecule has 1 aromatic rings. The van der Waals surface area contributed by atoms with Crippen molar-refractivity contribution >= 4 is 0 Å². The van der Waals surface area contributed by atoms with Crippen LogP contribution in [0.2, 0.25) is 0 Å². The number of methoxy groups -OCH3 is 1. The van der Waals surface area contributed by atoms with Crippen molar-refractivity contribution < 1.29 is 13.5 Å². The molecule has 0 saturated heterocycles. The van der Waals surface area contributed by atoms with Gasteiger partial charge in [0.15, 0.2) is 0 Å². The van der Waals surface area contributed by atoms with Crippen LogP contribution in [0.1, 0.15) is 23.6 Å². The first-order chi connectivity index (χ1) is 7.61. The number of nitrogens with two attached hydrogens (primary N) is 1. The van der Waals surface area contributed by atoms with Crippen molar-refractivity contribution in [2.24, 2.45) is 5.84 Å². The van der Waals surface area contributed by atoms with Gasteiger partial charge in [-0.2, -0.15) is 0 Å². The number of halogens is 2. The number of hydrogen-bond acceptors (Lipinski definition) is 3. The Morgan fingerprint density at radius 3 is 2.69 bits per heavy atom. The fraction of sp³-hybridized carbons (Fsp3) is 0.455. The van der Waals surface area contributed by atoms with Gasteiger partial charge in [0.1, 0.15) is 11.6 Å². The van der Waals surface area contributed by atoms with Crippen molar-refractivity contribution in [3.05, 3.63) is 34.9 Å². The number of aryl methyl sites for hydroxylation is 1. The van der Waals surface area contributed by atoms with Gasteiger partial charge < -0.3 is 4.74 Å². The van der Waals surface area contributed by atoms with Gasteiger partial charge in [-0.3, -0.25) is 11.3 Å². The van der Waals surface area contributed by atoms with E-state index in [-0.39, 0.29) is 5.56 Å². The number of benzene rings is 1. The Bertz CT molecular complexity index is 358. The molecule has 0 aromatic heterocycles. The lowest BCUT2D eigenvalue weighted by atomic mass is 10.0. The number of ether oxygens (including phenoxy) is 1. The molecule has 0 bridgehead atoms. The summed E-state index contributed by atoms with van der Waals surface area (Å²) < 4.78 is 32.1. The zero-order chi connectivity index (χ0) is 12.1. The van der Waals surface area contributed by atoms with Crippen molar-refractivity contribution in [1.82, 2.24) is 5.43 Å². The largest absolute Gasteiger partial charge is 0.385 e. The van der Waals surface area contributed by atoms with E-state index in [0.29, 0.717) is 18.6 Å². The Labute approximate surface area is 93.6 Å². The van der Waals surface area contributed by atoms with Crippen LogP contribution in [0.15, 0.2) is 12.1 Å². The lowest BCUT2D eigenvalue weighted by Gasteiger charge is -2.18. The van der Waals surface area contributed by atoms with Crippen molar-refractivity contribution in [3.8, 4) is 0 Å². The zero-order valence-electron chi connectivity index (χ0n) is 9.39. The fourth-order valence-corrected chi connectivity index (χ4v) is 1.54. The quantitative estimate of drug-likeness (QED) is 0.599. The summed E-state index contributed by atoms with van der Waals surface area (Å²) >= 11 is 0. The maximum Gasteiger partial charge on any atom is 0.133 e. The molecule has 0 heterocycles. The summed E-state index contributed by atoms with van der Waals surface area (Å²) in [5.74, 6) is 4.14. The average molecular weight is 230 g/mol. The lowest BCUT2D eigenvalue weighted by molar-refractivity contribution is 0.181. The van der Waals surface area contributed by atoms with E-state index in [4.69, 9.17) is 10.6 Å². The van der Waals surface area contributed by atoms with E-state index in [1.807, 2.05) is 0 Å². The van der Waals surface area contributed by atoms with Gasteiger partial charge in [-0.25, -0.2) is 8.78 Å². The summed E-state index contributed by atoms with van der Waals surface area (Å²) in [6, 6.07) is 2.06. The first-order valence-corrected chi connectivity index (χ1v) is 5.01. The molecule has 3 nitrogen and oxygen atoms in total. The Kier molecular flexibility index (Phi) is 4.79. The zero-order valence-corrected chi connectivity index (χ0v) is 9.39. The second-order valence-electron chi connectivity index (χ2n) is 3.59. The van der Waals surface area contributed by atoms with Gasteiger partial charge in [0, 0.05) is 19.3 Å². The second kappa shape index (κ2) is 5.89. The summed E-state index contributed by atoms with van der Waals surface area (Å²) in [6.45, 7) is 1.96. The minimum absolute atomic E-state index is 0.0282. The van der Waals surface area contributed by atoms with Crippen LogP contribution in [0.5, 0.6) is 0 Å². The van der Waals surface area contributed by atoms with Gasteiger partial charge in [0.25, 0.3) is 0 Å². The molecule has 1 rings (SSSR count). The molecule has 0 aliphatic rings. The Hall–Kier alpha value is -1.04. The van der Waals surface area contributed by atoms with E-state index in [1.165, 1.54) is 19.2 Å². The van der Waals surface area contributed by atoms with Gasteiger partial charge in [-0.15, -0.1) is 0 Å². The Morgan fingerprint density at radius 2 is 2.12 bits per heavy atom. The molecule has 5 heteroatoms. The molecule has 0 fully saturated rings. The molecule has 0 saturated carbocycles. The molecule has 16 heavy (non-hydrogen) atoms. The number of nitrogens with one attached hydrogen (secondary N) is 1. The third-order valence-electron chi connectivity index (χ3n) is 2.48. The summed E-state index contributed by atoms with van der Waals surface area (Å²) in [5.41, 5.74) is 2.77. The van der Waals surface area contributed by atoms with Crippen LogP contribution in [-0.2, 0) is 4.74 Å². The minimum Gasteiger partial charge on any atom is -0.385 e. The van der Waals surface area contributed by atoms with Crippen molar-refractivity contribution in [3.63, 3.8) is 0 Å². The van der Waals surface area contributed by atoms with Crippen molar-refractivity contribution in [2.45, 2.75) is 19.4 Å². The van der Waals surface area contributed by atoms with Crippen LogP contribution in [0.25, 0.3) is 0 Å². The second-order valence-corrected chi connectivity index (χ2v) is 3.59. The van der Waals surface area contributed by atoms with Crippen molar-refractivity contribution in [2.75, 3.05) is 13.7 Å². The maximum absolute atomic E-state index is 13.8. The average Bonchev–Trinajstić information content (AvgIpc) is 2.28. The molecule has 0 spiro atoms. The predicted molar refractivity (Wildman–Crippen MR) is 57.7 cm³/mol. The molecule has 1 atom stereocenters. The van der Waals surface area contributed by atoms with Crippen LogP contribution in [0, 0.1) is 18.6 Å². The molecule has 1 aromatic carbocycles. The summed E-state index contributed by atoms with van der Waals surface area (Å²) in [4.78, 5) is 0. The fourth-order valence-electron chi connectivity index (χ4n) is 1.54. The number of hydrazine groups is 1. The number of rotatable bonds is 5. The standard InChI is InChI=1S/C11H16F2N2O/c1-7-3-4-8(12)10(11(7)13)9(15-14)5-6-16-2/h3-4,9,15H,5-6,14H2,1-2H3. The van der Waals surface area contributed by atoms with Gasteiger partial charge in [0.05, 0.1) is 6.04 Å². The summed E-state index contributed by atoms with van der Waals surface area (Å²) in [5, 5.41) is 0. The molecule has 0 amide bonds. The highest BCUT2D eigenvalue weighted by atomic mass is 19.1. The molecule has 0 aliphatic heterocycles. The van der Waals surface area contributed by atoms with Crippen LogP contribution >= 0.6 is 0 Å². The molecule has 0 radical (unpaired) electrons. The molecule has 3 N–H and O–H groups in total. The third-order valence-corrected chi connectivity index (χ3v) is 2.48. The monoisotopic (exact) mass is 230 g/mol. The van der Waals surface area contributed by atoms with Crippen LogP contribution < -0.4 is 11.3 Å². The molecular weight excluding hydrogens is 214 g/mol. The Morgan fingerprint density at radius 1 is 1.44 bits per heavy atom. The first kappa shape index (κ1) is 13.0. The Balaban J connectivity index is 3.03. The SMILES string of the molecule is COCCC(NN)c1c(F)ccc(C)c1F. The predicted octanol–water partition coefficient (Wildman–Crippen LogP) is 1.81. The molecule has 0 aliphatic carbocycles. The molecule has 1 unspecified atom stereocenters. The van der Waals surface area contributed by atoms with E-state index in [2.05, 4.69) is 5.43 Å². The summed E-state index contributed by atoms with van der Waals surface area (Å²) in [6.07, 6.45) is 0.407. The normalized spacial score (nSPS) is 12.8. The highest BCUT2D eigenvalue weighted by Gasteiger charge is 2.20. The van der Waals surface area contributed by atoms with Crippen molar-refractivity contribution in [1.29, 1.82) is 0 Å². The highest BCUT2D eigenvalue weighted by molar-refractivity contribution is 5.29. The third kappa shape index (κ3) is 2.75. The first-order valence-electron chi connectivity index (χ1n) is 5.01. The van der Waals surface area contributed by atoms with Gasteiger partial charge in [-0.05, 0) is 25.0 Å². The van der Waals surface area contributed by atoms with E-state index < -0.39 is 17.7 Å². The van der Waals surface area contributed by atoms with Gasteiger partial charge in [0.2, 0.25) is 0 Å². The van der Waals surface area contributed by atoms with E-state index in [0.717, 1.165) is 0 Å². The number of hydrogen-bond donors (Lipinski definition) is 2. The summed E-state index contributed by atoms with van der Waals surface area (Å²) in [7, 11) is 1.52. The maximum atomic E-state index is 13.8. The van der Waals surface area contributed by atoms with E-state index >= 15 is 0 Å². The van der Waals surface area contributed by atoms with Crippen LogP contribution in [0.4, 0.5) is 8.78 Å². The minimum atomic E-state index is -0.595. The highest BCUT2D eigenvalue weighted by Crippen LogP contribution is 2.24. The van der Waals surface area contributed by atoms with Gasteiger partial charge >= 0.3 is 0 Å². The van der Waals surface area contributed by atoms with E-state index in [1.54, 1.807) is 6.92 Å². The smallest absolute Gasteiger partial charge is 0.133 e. The van der Waals surface area contributed by atoms with Crippen LogP contribution in [0.3, 0.4) is 0 Å². The topological polar surface area (TPSA) is 47.3 Å². The molecular formula is C11H16F2N2O. The molecule has 90 valence electrons. The van der Waals surface area contributed by atoms with Gasteiger partial charge in [-0.1, -0.05) is 6.07 Å². The lowest BCUT2D eigenvalue weighted by Crippen LogP contribution is -2.30. The van der Waals surface area contributed by atoms with Crippen LogP contribution in [-0.4, -0.2) is 13.7 Å². The van der Waals surface area contributed by atoms with E-state index in [9.17, 15) is 8.78 Å².